The van der Waals surface area contributed by atoms with Crippen molar-refractivity contribution in [2.45, 2.75) is 30.2 Å². The van der Waals surface area contributed by atoms with Crippen molar-refractivity contribution in [2.24, 2.45) is 0 Å². The number of benzene rings is 2. The van der Waals surface area contributed by atoms with E-state index in [4.69, 9.17) is 11.6 Å². The average molecular weight is 374 g/mol. The van der Waals surface area contributed by atoms with Gasteiger partial charge in [0, 0.05) is 9.92 Å². The lowest BCUT2D eigenvalue weighted by Gasteiger charge is -2.16. The number of carbonyl (C=O) groups is 1. The summed E-state index contributed by atoms with van der Waals surface area (Å²) in [5.41, 5.74) is -0.170. The molecule has 1 amide bonds. The predicted molar refractivity (Wildman–Crippen MR) is 91.6 cm³/mol. The van der Waals surface area contributed by atoms with E-state index in [1.807, 2.05) is 31.2 Å². The number of halogens is 4. The summed E-state index contributed by atoms with van der Waals surface area (Å²) in [6, 6.07) is 10.8. The highest BCUT2D eigenvalue weighted by Crippen LogP contribution is 2.37. The molecule has 0 aliphatic rings. The molecule has 0 unspecified atom stereocenters. The van der Waals surface area contributed by atoms with Crippen LogP contribution in [0.5, 0.6) is 0 Å². The third kappa shape index (κ3) is 4.92. The molecular weight excluding hydrogens is 359 g/mol. The van der Waals surface area contributed by atoms with Crippen molar-refractivity contribution in [1.29, 1.82) is 0 Å². The van der Waals surface area contributed by atoms with Crippen LogP contribution in [0.1, 0.15) is 18.1 Å². The van der Waals surface area contributed by atoms with Crippen LogP contribution in [0.15, 0.2) is 47.4 Å². The zero-order valence-electron chi connectivity index (χ0n) is 12.9. The summed E-state index contributed by atoms with van der Waals surface area (Å²) in [5, 5.41) is 1.75. The largest absolute Gasteiger partial charge is 0.418 e. The minimum absolute atomic E-state index is 0.0394. The topological polar surface area (TPSA) is 29.1 Å². The van der Waals surface area contributed by atoms with Crippen molar-refractivity contribution in [2.75, 3.05) is 5.32 Å². The van der Waals surface area contributed by atoms with Crippen LogP contribution in [0, 0.1) is 6.92 Å². The van der Waals surface area contributed by atoms with E-state index < -0.39 is 22.9 Å². The summed E-state index contributed by atoms with van der Waals surface area (Å²) in [5.74, 6) is -0.506. The summed E-state index contributed by atoms with van der Waals surface area (Å²) in [4.78, 5) is 13.1. The van der Waals surface area contributed by atoms with Crippen molar-refractivity contribution in [3.63, 3.8) is 0 Å². The molecule has 0 saturated heterocycles. The summed E-state index contributed by atoms with van der Waals surface area (Å²) < 4.78 is 39.1. The van der Waals surface area contributed by atoms with Gasteiger partial charge < -0.3 is 5.32 Å². The number of alkyl halides is 3. The molecule has 0 saturated carbocycles. The van der Waals surface area contributed by atoms with E-state index in [9.17, 15) is 18.0 Å². The van der Waals surface area contributed by atoms with Gasteiger partial charge in [0.2, 0.25) is 5.91 Å². The Morgan fingerprint density at radius 3 is 2.38 bits per heavy atom. The molecule has 2 nitrogen and oxygen atoms in total. The van der Waals surface area contributed by atoms with Crippen LogP contribution in [0.2, 0.25) is 5.02 Å². The van der Waals surface area contributed by atoms with Crippen LogP contribution in [0.25, 0.3) is 0 Å². The lowest BCUT2D eigenvalue weighted by Crippen LogP contribution is -2.24. The van der Waals surface area contributed by atoms with Gasteiger partial charge in [0.15, 0.2) is 0 Å². The first-order valence-corrected chi connectivity index (χ1v) is 8.33. The Morgan fingerprint density at radius 1 is 1.17 bits per heavy atom. The summed E-state index contributed by atoms with van der Waals surface area (Å²) >= 11 is 6.90. The maximum Gasteiger partial charge on any atom is 0.418 e. The number of hydrogen-bond donors (Lipinski definition) is 1. The quantitative estimate of drug-likeness (QED) is 0.687. The highest BCUT2D eigenvalue weighted by molar-refractivity contribution is 8.00. The van der Waals surface area contributed by atoms with Crippen LogP contribution in [0.4, 0.5) is 18.9 Å². The second-order valence-electron chi connectivity index (χ2n) is 5.25. The molecule has 0 spiro atoms. The number of aryl methyl sites for hydroxylation is 1. The van der Waals surface area contributed by atoms with E-state index in [-0.39, 0.29) is 10.7 Å². The van der Waals surface area contributed by atoms with Crippen LogP contribution in [-0.4, -0.2) is 11.2 Å². The van der Waals surface area contributed by atoms with E-state index in [2.05, 4.69) is 5.32 Å². The van der Waals surface area contributed by atoms with Gasteiger partial charge in [-0.25, -0.2) is 0 Å². The third-order valence-corrected chi connectivity index (χ3v) is 4.60. The number of rotatable bonds is 4. The first kappa shape index (κ1) is 18.7. The average Bonchev–Trinajstić information content (AvgIpc) is 2.50. The first-order valence-electron chi connectivity index (χ1n) is 7.08. The molecule has 0 radical (unpaired) electrons. The molecule has 0 aliphatic heterocycles. The van der Waals surface area contributed by atoms with Crippen molar-refractivity contribution in [1.82, 2.24) is 0 Å². The second kappa shape index (κ2) is 7.49. The van der Waals surface area contributed by atoms with Gasteiger partial charge in [0.25, 0.3) is 0 Å². The van der Waals surface area contributed by atoms with Gasteiger partial charge in [0.05, 0.1) is 16.5 Å². The molecule has 2 rings (SSSR count). The fourth-order valence-corrected chi connectivity index (χ4v) is 3.01. The zero-order chi connectivity index (χ0) is 17.9. The van der Waals surface area contributed by atoms with Gasteiger partial charge in [-0.15, -0.1) is 11.8 Å². The molecule has 2 aromatic rings. The number of hydrogen-bond acceptors (Lipinski definition) is 2. The summed E-state index contributed by atoms with van der Waals surface area (Å²) in [6.45, 7) is 3.59. The van der Waals surface area contributed by atoms with Crippen molar-refractivity contribution < 1.29 is 18.0 Å². The molecule has 0 aliphatic carbocycles. The smallest absolute Gasteiger partial charge is 0.325 e. The van der Waals surface area contributed by atoms with E-state index in [1.165, 1.54) is 17.8 Å². The summed E-state index contributed by atoms with van der Waals surface area (Å²) in [6.07, 6.45) is -4.60. The Bertz CT molecular complexity index is 732. The fourth-order valence-electron chi connectivity index (χ4n) is 1.97. The van der Waals surface area contributed by atoms with Crippen LogP contribution >= 0.6 is 23.4 Å². The Balaban J connectivity index is 2.13. The number of amides is 1. The fraction of sp³-hybridized carbons (Fsp3) is 0.235. The lowest BCUT2D eigenvalue weighted by atomic mass is 10.1. The SMILES string of the molecule is Cc1ccc(S[C@H](C)C(=O)Nc2ccc(Cl)cc2C(F)(F)F)cc1. The molecule has 1 atom stereocenters. The molecular formula is C17H15ClF3NOS. The van der Waals surface area contributed by atoms with Gasteiger partial charge >= 0.3 is 6.18 Å². The van der Waals surface area contributed by atoms with Gasteiger partial charge in [-0.2, -0.15) is 13.2 Å². The van der Waals surface area contributed by atoms with Crippen molar-refractivity contribution >= 4 is 35.0 Å². The maximum absolute atomic E-state index is 13.0. The van der Waals surface area contributed by atoms with E-state index in [1.54, 1.807) is 6.92 Å². The molecule has 1 N–H and O–H groups in total. The van der Waals surface area contributed by atoms with Crippen molar-refractivity contribution in [3.8, 4) is 0 Å². The van der Waals surface area contributed by atoms with Crippen LogP contribution in [-0.2, 0) is 11.0 Å². The summed E-state index contributed by atoms with van der Waals surface area (Å²) in [7, 11) is 0. The standard InChI is InChI=1S/C17H15ClF3NOS/c1-10-3-6-13(7-4-10)24-11(2)16(23)22-15-8-5-12(18)9-14(15)17(19,20)21/h3-9,11H,1-2H3,(H,22,23)/t11-/m1/s1. The second-order valence-corrected chi connectivity index (χ2v) is 7.10. The Labute approximate surface area is 147 Å². The molecule has 128 valence electrons. The van der Waals surface area contributed by atoms with Gasteiger partial charge in [0.1, 0.15) is 0 Å². The molecule has 0 aromatic heterocycles. The Kier molecular flexibility index (Phi) is 5.83. The molecule has 0 heterocycles. The van der Waals surface area contributed by atoms with E-state index in [0.717, 1.165) is 22.6 Å². The number of thioether (sulfide) groups is 1. The normalized spacial score (nSPS) is 12.8. The molecule has 24 heavy (non-hydrogen) atoms. The molecule has 7 heteroatoms. The van der Waals surface area contributed by atoms with E-state index >= 15 is 0 Å². The van der Waals surface area contributed by atoms with E-state index in [0.29, 0.717) is 0 Å². The highest BCUT2D eigenvalue weighted by atomic mass is 35.5. The van der Waals surface area contributed by atoms with Gasteiger partial charge in [-0.1, -0.05) is 29.3 Å². The molecule has 0 bridgehead atoms. The molecule has 2 aromatic carbocycles. The van der Waals surface area contributed by atoms with Crippen LogP contribution in [0.3, 0.4) is 0 Å². The zero-order valence-corrected chi connectivity index (χ0v) is 14.5. The lowest BCUT2D eigenvalue weighted by molar-refractivity contribution is -0.137. The number of nitrogens with one attached hydrogen (secondary N) is 1. The third-order valence-electron chi connectivity index (χ3n) is 3.25. The van der Waals surface area contributed by atoms with Crippen LogP contribution < -0.4 is 5.32 Å². The number of carbonyl (C=O) groups excluding carboxylic acids is 1. The van der Waals surface area contributed by atoms with Gasteiger partial charge in [-0.3, -0.25) is 4.79 Å². The van der Waals surface area contributed by atoms with Gasteiger partial charge in [-0.05, 0) is 44.2 Å². The minimum Gasteiger partial charge on any atom is -0.325 e. The minimum atomic E-state index is -4.60. The number of anilines is 1. The predicted octanol–water partition coefficient (Wildman–Crippen LogP) is 5.79. The Morgan fingerprint density at radius 2 is 1.79 bits per heavy atom. The Hall–Kier alpha value is -1.66. The first-order chi connectivity index (χ1) is 11.2. The van der Waals surface area contributed by atoms with Crippen molar-refractivity contribution in [3.05, 3.63) is 58.6 Å². The maximum atomic E-state index is 13.0. The highest BCUT2D eigenvalue weighted by Gasteiger charge is 2.34. The molecule has 0 fully saturated rings. The monoisotopic (exact) mass is 373 g/mol.